The van der Waals surface area contributed by atoms with Gasteiger partial charge in [0.2, 0.25) is 0 Å². The molecule has 29 heavy (non-hydrogen) atoms. The van der Waals surface area contributed by atoms with Crippen LogP contribution in [0.2, 0.25) is 37.8 Å². The predicted octanol–water partition coefficient (Wildman–Crippen LogP) is 6.57. The van der Waals surface area contributed by atoms with Crippen LogP contribution in [0.4, 0.5) is 0 Å². The molecule has 1 spiro atoms. The van der Waals surface area contributed by atoms with Gasteiger partial charge in [0.15, 0.2) is 16.6 Å². The molecule has 0 unspecified atom stereocenters. The van der Waals surface area contributed by atoms with Crippen LogP contribution in [-0.4, -0.2) is 34.6 Å². The van der Waals surface area contributed by atoms with E-state index >= 15 is 0 Å². The summed E-state index contributed by atoms with van der Waals surface area (Å²) in [6.45, 7) is 25.6. The molecule has 0 aromatic carbocycles. The molecule has 5 heteroatoms. The molecule has 3 rings (SSSR count). The third-order valence-corrected chi connectivity index (χ3v) is 14.1. The zero-order valence-corrected chi connectivity index (χ0v) is 22.8. The van der Waals surface area contributed by atoms with Gasteiger partial charge in [0.05, 0.1) is 11.5 Å². The monoisotopic (exact) mass is 436 g/mol. The first-order chi connectivity index (χ1) is 12.9. The second kappa shape index (κ2) is 6.63. The summed E-state index contributed by atoms with van der Waals surface area (Å²) in [5.41, 5.74) is 0.862. The second-order valence-electron chi connectivity index (χ2n) is 13.0. The first kappa shape index (κ1) is 23.4. The normalized spacial score (nSPS) is 36.9. The Morgan fingerprint density at radius 2 is 1.69 bits per heavy atom. The van der Waals surface area contributed by atoms with Crippen LogP contribution < -0.4 is 0 Å². The predicted molar refractivity (Wildman–Crippen MR) is 126 cm³/mol. The van der Waals surface area contributed by atoms with Gasteiger partial charge in [-0.1, -0.05) is 39.3 Å². The van der Waals surface area contributed by atoms with Crippen LogP contribution in [0.5, 0.6) is 0 Å². The van der Waals surface area contributed by atoms with E-state index in [-0.39, 0.29) is 27.7 Å². The molecule has 4 atom stereocenters. The third-order valence-electron chi connectivity index (χ3n) is 8.57. The van der Waals surface area contributed by atoms with Crippen molar-refractivity contribution in [3.8, 4) is 0 Å². The van der Waals surface area contributed by atoms with Gasteiger partial charge >= 0.3 is 0 Å². The van der Waals surface area contributed by atoms with Gasteiger partial charge < -0.3 is 8.85 Å². The van der Waals surface area contributed by atoms with Gasteiger partial charge in [0.1, 0.15) is 5.78 Å². The average Bonchev–Trinajstić information content (AvgIpc) is 3.27. The number of hydrogen-bond acceptors (Lipinski definition) is 3. The number of Topliss-reactive ketones (excluding diaryl/α,β-unsaturated/α-hetero) is 1. The van der Waals surface area contributed by atoms with Crippen LogP contribution in [0.15, 0.2) is 11.6 Å². The van der Waals surface area contributed by atoms with Crippen molar-refractivity contribution in [3.05, 3.63) is 11.6 Å². The van der Waals surface area contributed by atoms with E-state index in [1.807, 2.05) is 0 Å². The van der Waals surface area contributed by atoms with Crippen molar-refractivity contribution >= 4 is 22.4 Å². The number of rotatable bonds is 5. The second-order valence-corrected chi connectivity index (χ2v) is 22.2. The quantitative estimate of drug-likeness (QED) is 0.361. The van der Waals surface area contributed by atoms with Crippen molar-refractivity contribution in [1.82, 2.24) is 0 Å². The maximum Gasteiger partial charge on any atom is 0.192 e. The van der Waals surface area contributed by atoms with E-state index in [9.17, 15) is 4.79 Å². The molecule has 0 saturated heterocycles. The Kier molecular flexibility index (Phi) is 5.36. The van der Waals surface area contributed by atoms with Gasteiger partial charge in [-0.3, -0.25) is 4.79 Å². The smallest absolute Gasteiger partial charge is 0.192 e. The Morgan fingerprint density at radius 3 is 2.14 bits per heavy atom. The van der Waals surface area contributed by atoms with E-state index in [4.69, 9.17) is 8.85 Å². The molecule has 0 aromatic heterocycles. The van der Waals surface area contributed by atoms with Gasteiger partial charge in [-0.05, 0) is 70.9 Å². The van der Waals surface area contributed by atoms with E-state index < -0.39 is 22.2 Å². The zero-order chi connectivity index (χ0) is 22.3. The number of carbonyl (C=O) groups excluding carboxylic acids is 1. The lowest BCUT2D eigenvalue weighted by Gasteiger charge is -2.55. The SMILES string of the molecule is CC1=C[C@]2(CO[Si](C)(C)C(C)(C)C)C[C@H](C)C(=O)[C@@H]2[C@](C)(O[Si](C)(C)C)C12CC2. The lowest BCUT2D eigenvalue weighted by Crippen LogP contribution is -2.61. The molecule has 3 aliphatic carbocycles. The molecule has 166 valence electrons. The Morgan fingerprint density at radius 1 is 1.14 bits per heavy atom. The molecule has 3 nitrogen and oxygen atoms in total. The fourth-order valence-electron chi connectivity index (χ4n) is 6.08. The van der Waals surface area contributed by atoms with Gasteiger partial charge in [0, 0.05) is 23.4 Å². The van der Waals surface area contributed by atoms with Crippen molar-refractivity contribution in [2.75, 3.05) is 6.61 Å². The fraction of sp³-hybridized carbons (Fsp3) is 0.875. The van der Waals surface area contributed by atoms with Crippen LogP contribution in [0, 0.1) is 22.7 Å². The summed E-state index contributed by atoms with van der Waals surface area (Å²) >= 11 is 0. The molecule has 0 aromatic rings. The molecule has 0 N–H and O–H groups in total. The van der Waals surface area contributed by atoms with Crippen molar-refractivity contribution in [3.63, 3.8) is 0 Å². The average molecular weight is 437 g/mol. The van der Waals surface area contributed by atoms with Gasteiger partial charge in [-0.15, -0.1) is 0 Å². The highest BCUT2D eigenvalue weighted by Gasteiger charge is 2.72. The molecular weight excluding hydrogens is 392 g/mol. The third kappa shape index (κ3) is 3.58. The summed E-state index contributed by atoms with van der Waals surface area (Å²) in [7, 11) is -3.75. The maximum atomic E-state index is 13.7. The van der Waals surface area contributed by atoms with Crippen molar-refractivity contribution in [1.29, 1.82) is 0 Å². The highest BCUT2D eigenvalue weighted by atomic mass is 28.4. The van der Waals surface area contributed by atoms with Crippen molar-refractivity contribution < 1.29 is 13.6 Å². The Balaban J connectivity index is 2.08. The number of carbonyl (C=O) groups is 1. The van der Waals surface area contributed by atoms with Crippen LogP contribution in [0.1, 0.15) is 60.8 Å². The molecule has 0 amide bonds. The van der Waals surface area contributed by atoms with Crippen LogP contribution in [-0.2, 0) is 13.6 Å². The minimum Gasteiger partial charge on any atom is -0.416 e. The number of hydrogen-bond donors (Lipinski definition) is 0. The van der Waals surface area contributed by atoms with E-state index in [2.05, 4.69) is 80.4 Å². The lowest BCUT2D eigenvalue weighted by molar-refractivity contribution is -0.141. The molecule has 0 heterocycles. The summed E-state index contributed by atoms with van der Waals surface area (Å²) < 4.78 is 13.8. The summed E-state index contributed by atoms with van der Waals surface area (Å²) in [5, 5.41) is 0.163. The first-order valence-corrected chi connectivity index (χ1v) is 17.8. The fourth-order valence-corrected chi connectivity index (χ4v) is 8.73. The summed E-state index contributed by atoms with van der Waals surface area (Å²) in [4.78, 5) is 13.7. The van der Waals surface area contributed by atoms with E-state index in [1.54, 1.807) is 0 Å². The van der Waals surface area contributed by atoms with Crippen molar-refractivity contribution in [2.24, 2.45) is 22.7 Å². The zero-order valence-electron chi connectivity index (χ0n) is 20.8. The largest absolute Gasteiger partial charge is 0.416 e. The highest BCUT2D eigenvalue weighted by Crippen LogP contribution is 2.71. The Bertz CT molecular complexity index is 723. The van der Waals surface area contributed by atoms with Gasteiger partial charge in [-0.25, -0.2) is 0 Å². The maximum absolute atomic E-state index is 13.7. The number of ketones is 1. The molecule has 2 fully saturated rings. The first-order valence-electron chi connectivity index (χ1n) is 11.5. The standard InChI is InChI=1S/C24H44O3Si2/c1-17-14-23(16-26-29(10,11)21(3,4)5)15-18(2)24(12-13-24)22(6,20(23)19(17)25)27-28(7,8)9/h15,17,20H,12-14,16H2,1-11H3/t17-,20+,22-,23-/m0/s1. The number of fused-ring (bicyclic) bond motifs is 1. The Labute approximate surface area is 181 Å². The van der Waals surface area contributed by atoms with Crippen LogP contribution in [0.3, 0.4) is 0 Å². The van der Waals surface area contributed by atoms with E-state index in [0.717, 1.165) is 19.3 Å². The lowest BCUT2D eigenvalue weighted by atomic mass is 9.57. The van der Waals surface area contributed by atoms with Crippen LogP contribution >= 0.6 is 0 Å². The highest BCUT2D eigenvalue weighted by molar-refractivity contribution is 6.74. The minimum atomic E-state index is -1.91. The molecular formula is C24H44O3Si2. The van der Waals surface area contributed by atoms with E-state index in [1.165, 1.54) is 5.57 Å². The van der Waals surface area contributed by atoms with Crippen molar-refractivity contribution in [2.45, 2.75) is 104 Å². The van der Waals surface area contributed by atoms with Crippen LogP contribution in [0.25, 0.3) is 0 Å². The molecule has 0 radical (unpaired) electrons. The Hall–Kier alpha value is -0.236. The topological polar surface area (TPSA) is 35.5 Å². The summed E-state index contributed by atoms with van der Waals surface area (Å²) in [6, 6.07) is 0. The van der Waals surface area contributed by atoms with Gasteiger partial charge in [-0.2, -0.15) is 0 Å². The molecule has 2 saturated carbocycles. The molecule has 0 aliphatic heterocycles. The molecule has 0 bridgehead atoms. The van der Waals surface area contributed by atoms with Gasteiger partial charge in [0.25, 0.3) is 0 Å². The summed E-state index contributed by atoms with van der Waals surface area (Å²) in [5.74, 6) is 0.387. The minimum absolute atomic E-state index is 0.0537. The van der Waals surface area contributed by atoms with E-state index in [0.29, 0.717) is 12.4 Å². The molecule has 3 aliphatic rings. The summed E-state index contributed by atoms with van der Waals surface area (Å²) in [6.07, 6.45) is 5.65.